The molecule has 148 valence electrons. The molecule has 1 aromatic rings. The molecule has 0 bridgehead atoms. The summed E-state index contributed by atoms with van der Waals surface area (Å²) in [7, 11) is -1.35. The average molecular weight is 495 g/mol. The molecule has 26 heavy (non-hydrogen) atoms. The van der Waals surface area contributed by atoms with E-state index < -0.39 is 14.6 Å². The van der Waals surface area contributed by atoms with Gasteiger partial charge in [-0.1, -0.05) is 17.7 Å². The first-order valence-electron chi connectivity index (χ1n) is 8.56. The van der Waals surface area contributed by atoms with Crippen molar-refractivity contribution >= 4 is 39.8 Å². The van der Waals surface area contributed by atoms with Gasteiger partial charge in [0.2, 0.25) is 0 Å². The van der Waals surface area contributed by atoms with Crippen molar-refractivity contribution in [3.8, 4) is 5.75 Å². The Morgan fingerprint density at radius 3 is 2.50 bits per heavy atom. The Hall–Kier alpha value is -1.03. The minimum absolute atomic E-state index is 0. The van der Waals surface area contributed by atoms with Gasteiger partial charge in [-0.25, -0.2) is 8.42 Å². The Morgan fingerprint density at radius 1 is 1.35 bits per heavy atom. The third-order valence-corrected chi connectivity index (χ3v) is 6.99. The fraction of sp³-hybridized carbons (Fsp3) is 0.611. The summed E-state index contributed by atoms with van der Waals surface area (Å²) in [5.74, 6) is 1.69. The van der Waals surface area contributed by atoms with E-state index in [-0.39, 0.29) is 35.8 Å². The van der Waals surface area contributed by atoms with Gasteiger partial charge in [0.1, 0.15) is 11.9 Å². The number of halogens is 1. The van der Waals surface area contributed by atoms with Crippen LogP contribution in [0.3, 0.4) is 0 Å². The van der Waals surface area contributed by atoms with Gasteiger partial charge >= 0.3 is 0 Å². The Balaban J connectivity index is 0.00000338. The molecule has 1 saturated heterocycles. The van der Waals surface area contributed by atoms with E-state index in [1.807, 2.05) is 43.0 Å². The molecule has 1 aliphatic rings. The standard InChI is InChI=1S/C18H29N3O3S.HI/c1-14-6-8-16(9-7-14)24-15(2)12-20-17(19-5)21-10-11-25(22,23)18(3,4)13-21;/h6-9,15H,10-13H2,1-5H3,(H,19,20);1H. The third kappa shape index (κ3) is 5.73. The fourth-order valence-electron chi connectivity index (χ4n) is 2.78. The molecule has 8 heteroatoms. The van der Waals surface area contributed by atoms with Crippen molar-refractivity contribution in [2.24, 2.45) is 4.99 Å². The summed E-state index contributed by atoms with van der Waals surface area (Å²) in [5.41, 5.74) is 1.20. The first kappa shape index (κ1) is 23.0. The topological polar surface area (TPSA) is 71.0 Å². The zero-order chi connectivity index (χ0) is 18.7. The summed E-state index contributed by atoms with van der Waals surface area (Å²) in [6.07, 6.45) is -0.0408. The lowest BCUT2D eigenvalue weighted by Gasteiger charge is -2.39. The quantitative estimate of drug-likeness (QED) is 0.395. The molecule has 1 atom stereocenters. The molecule has 0 aliphatic carbocycles. The molecule has 1 fully saturated rings. The van der Waals surface area contributed by atoms with Crippen molar-refractivity contribution in [2.45, 2.75) is 38.5 Å². The van der Waals surface area contributed by atoms with Crippen LogP contribution in [0.15, 0.2) is 29.3 Å². The minimum Gasteiger partial charge on any atom is -0.489 e. The van der Waals surface area contributed by atoms with Crippen LogP contribution in [0, 0.1) is 6.92 Å². The molecular formula is C18H30IN3O3S. The van der Waals surface area contributed by atoms with Crippen LogP contribution in [-0.2, 0) is 9.84 Å². The lowest BCUT2D eigenvalue weighted by atomic mass is 10.2. The van der Waals surface area contributed by atoms with Crippen LogP contribution in [0.25, 0.3) is 0 Å². The normalized spacial score (nSPS) is 20.0. The summed E-state index contributed by atoms with van der Waals surface area (Å²) in [4.78, 5) is 6.30. The number of benzene rings is 1. The summed E-state index contributed by atoms with van der Waals surface area (Å²) in [5, 5.41) is 3.29. The summed E-state index contributed by atoms with van der Waals surface area (Å²) in [6, 6.07) is 7.95. The largest absolute Gasteiger partial charge is 0.489 e. The number of nitrogens with zero attached hydrogens (tertiary/aromatic N) is 2. The van der Waals surface area contributed by atoms with E-state index in [4.69, 9.17) is 4.74 Å². The van der Waals surface area contributed by atoms with Gasteiger partial charge < -0.3 is 15.0 Å². The van der Waals surface area contributed by atoms with E-state index in [1.54, 1.807) is 20.9 Å². The summed E-state index contributed by atoms with van der Waals surface area (Å²) in [6.45, 7) is 9.05. The minimum atomic E-state index is -3.06. The summed E-state index contributed by atoms with van der Waals surface area (Å²) < 4.78 is 29.4. The molecule has 1 aliphatic heterocycles. The van der Waals surface area contributed by atoms with Gasteiger partial charge in [-0.2, -0.15) is 0 Å². The monoisotopic (exact) mass is 495 g/mol. The smallest absolute Gasteiger partial charge is 0.193 e. The predicted octanol–water partition coefficient (Wildman–Crippen LogP) is 2.46. The van der Waals surface area contributed by atoms with Gasteiger partial charge in [-0.05, 0) is 39.8 Å². The van der Waals surface area contributed by atoms with E-state index in [0.29, 0.717) is 25.6 Å². The lowest BCUT2D eigenvalue weighted by molar-refractivity contribution is 0.221. The van der Waals surface area contributed by atoms with E-state index in [9.17, 15) is 8.42 Å². The molecule has 1 N–H and O–H groups in total. The van der Waals surface area contributed by atoms with Crippen molar-refractivity contribution in [3.05, 3.63) is 29.8 Å². The van der Waals surface area contributed by atoms with E-state index in [0.717, 1.165) is 5.75 Å². The molecule has 2 rings (SSSR count). The van der Waals surface area contributed by atoms with Crippen molar-refractivity contribution in [1.29, 1.82) is 0 Å². The number of sulfone groups is 1. The lowest BCUT2D eigenvalue weighted by Crippen LogP contribution is -2.57. The molecule has 1 heterocycles. The Kier molecular flexibility index (Phi) is 8.19. The van der Waals surface area contributed by atoms with Gasteiger partial charge in [0.15, 0.2) is 15.8 Å². The molecule has 0 amide bonds. The van der Waals surface area contributed by atoms with Crippen LogP contribution in [0.5, 0.6) is 5.75 Å². The number of aliphatic imine (C=N–C) groups is 1. The molecular weight excluding hydrogens is 465 g/mol. The highest BCUT2D eigenvalue weighted by Gasteiger charge is 2.40. The van der Waals surface area contributed by atoms with E-state index in [1.165, 1.54) is 5.56 Å². The second-order valence-corrected chi connectivity index (χ2v) is 9.91. The van der Waals surface area contributed by atoms with Crippen LogP contribution in [0.4, 0.5) is 0 Å². The highest BCUT2D eigenvalue weighted by Crippen LogP contribution is 2.23. The second kappa shape index (κ2) is 9.25. The van der Waals surface area contributed by atoms with Crippen molar-refractivity contribution < 1.29 is 13.2 Å². The molecule has 0 aromatic heterocycles. The van der Waals surface area contributed by atoms with Crippen LogP contribution in [-0.4, -0.2) is 62.6 Å². The number of aryl methyl sites for hydroxylation is 1. The molecule has 0 saturated carbocycles. The zero-order valence-electron chi connectivity index (χ0n) is 16.2. The zero-order valence-corrected chi connectivity index (χ0v) is 19.3. The Bertz CT molecular complexity index is 718. The maximum atomic E-state index is 12.1. The SMILES string of the molecule is CN=C(NCC(C)Oc1ccc(C)cc1)N1CCS(=O)(=O)C(C)(C)C1.I. The van der Waals surface area contributed by atoms with Crippen molar-refractivity contribution in [3.63, 3.8) is 0 Å². The number of hydrogen-bond donors (Lipinski definition) is 1. The molecule has 0 radical (unpaired) electrons. The van der Waals surface area contributed by atoms with Gasteiger partial charge in [-0.3, -0.25) is 4.99 Å². The second-order valence-electron chi connectivity index (χ2n) is 7.17. The average Bonchev–Trinajstić information content (AvgIpc) is 2.53. The third-order valence-electron chi connectivity index (χ3n) is 4.46. The molecule has 0 spiro atoms. The van der Waals surface area contributed by atoms with Crippen LogP contribution in [0.1, 0.15) is 26.3 Å². The number of rotatable bonds is 4. The van der Waals surface area contributed by atoms with Crippen LogP contribution in [0.2, 0.25) is 0 Å². The highest BCUT2D eigenvalue weighted by molar-refractivity contribution is 14.0. The number of nitrogens with one attached hydrogen (secondary N) is 1. The van der Waals surface area contributed by atoms with Gasteiger partial charge in [0.25, 0.3) is 0 Å². The highest BCUT2D eigenvalue weighted by atomic mass is 127. The van der Waals surface area contributed by atoms with Crippen molar-refractivity contribution in [1.82, 2.24) is 10.2 Å². The van der Waals surface area contributed by atoms with Gasteiger partial charge in [-0.15, -0.1) is 24.0 Å². The van der Waals surface area contributed by atoms with Crippen LogP contribution < -0.4 is 10.1 Å². The number of ether oxygens (including phenoxy) is 1. The van der Waals surface area contributed by atoms with Crippen LogP contribution >= 0.6 is 24.0 Å². The van der Waals surface area contributed by atoms with E-state index >= 15 is 0 Å². The Labute approximate surface area is 174 Å². The molecule has 1 aromatic carbocycles. The molecule has 1 unspecified atom stereocenters. The number of guanidine groups is 1. The van der Waals surface area contributed by atoms with Crippen molar-refractivity contribution in [2.75, 3.05) is 32.4 Å². The van der Waals surface area contributed by atoms with Gasteiger partial charge in [0, 0.05) is 20.1 Å². The predicted molar refractivity (Wildman–Crippen MR) is 117 cm³/mol. The first-order chi connectivity index (χ1) is 11.6. The first-order valence-corrected chi connectivity index (χ1v) is 10.2. The maximum absolute atomic E-state index is 12.1. The maximum Gasteiger partial charge on any atom is 0.193 e. The fourth-order valence-corrected chi connectivity index (χ4v) is 4.15. The van der Waals surface area contributed by atoms with E-state index in [2.05, 4.69) is 10.3 Å². The summed E-state index contributed by atoms with van der Waals surface area (Å²) >= 11 is 0. The number of hydrogen-bond acceptors (Lipinski definition) is 4. The Morgan fingerprint density at radius 2 is 1.96 bits per heavy atom. The van der Waals surface area contributed by atoms with Gasteiger partial charge in [0.05, 0.1) is 17.0 Å². The molecule has 6 nitrogen and oxygen atoms in total.